The molecule has 0 N–H and O–H groups in total. The molecule has 0 aliphatic heterocycles. The normalized spacial score (nSPS) is 11.0. The number of ether oxygens (including phenoxy) is 2. The lowest BCUT2D eigenvalue weighted by molar-refractivity contribution is -0.162. The first-order valence-corrected chi connectivity index (χ1v) is 8.59. The van der Waals surface area contributed by atoms with Gasteiger partial charge in [0.15, 0.2) is 0 Å². The van der Waals surface area contributed by atoms with Crippen LogP contribution < -0.4 is 0 Å². The molecule has 0 amide bonds. The molecule has 0 saturated heterocycles. The Morgan fingerprint density at radius 2 is 1.38 bits per heavy atom. The van der Waals surface area contributed by atoms with Gasteiger partial charge in [-0.3, -0.25) is 9.59 Å². The van der Waals surface area contributed by atoms with Gasteiger partial charge in [0.05, 0.1) is 6.61 Å². The monoisotopic (exact) mass is 352 g/mol. The fraction of sp³-hybridized carbons (Fsp3) is 0.273. The standard InChI is InChI=1S/C22H24O4/c1-4-15-25-20(23)22(18-11-7-5-8-12-18,19-13-9-6-10-14-19)21(24)26-16-17(2)3/h4-14,17H,1,15-16H2,2-3H3. The Bertz CT molecular complexity index is 696. The van der Waals surface area contributed by atoms with Crippen LogP contribution in [0.3, 0.4) is 0 Å². The van der Waals surface area contributed by atoms with Gasteiger partial charge in [0.1, 0.15) is 6.61 Å². The predicted molar refractivity (Wildman–Crippen MR) is 101 cm³/mol. The molecule has 136 valence electrons. The summed E-state index contributed by atoms with van der Waals surface area (Å²) < 4.78 is 10.8. The summed E-state index contributed by atoms with van der Waals surface area (Å²) in [6, 6.07) is 17.7. The van der Waals surface area contributed by atoms with Crippen LogP contribution in [-0.2, 0) is 24.5 Å². The fourth-order valence-corrected chi connectivity index (χ4v) is 2.69. The largest absolute Gasteiger partial charge is 0.464 e. The molecule has 0 saturated carbocycles. The smallest absolute Gasteiger partial charge is 0.333 e. The van der Waals surface area contributed by atoms with Crippen molar-refractivity contribution in [2.75, 3.05) is 13.2 Å². The van der Waals surface area contributed by atoms with Crippen molar-refractivity contribution in [2.24, 2.45) is 5.92 Å². The molecule has 0 aliphatic carbocycles. The molecule has 2 aromatic carbocycles. The molecule has 4 heteroatoms. The van der Waals surface area contributed by atoms with Crippen molar-refractivity contribution >= 4 is 11.9 Å². The fourth-order valence-electron chi connectivity index (χ4n) is 2.69. The van der Waals surface area contributed by atoms with Gasteiger partial charge in [0.2, 0.25) is 5.41 Å². The molecule has 0 bridgehead atoms. The van der Waals surface area contributed by atoms with Crippen molar-refractivity contribution in [3.63, 3.8) is 0 Å². The Kier molecular flexibility index (Phi) is 6.73. The first-order valence-electron chi connectivity index (χ1n) is 8.59. The van der Waals surface area contributed by atoms with Gasteiger partial charge in [-0.05, 0) is 17.0 Å². The summed E-state index contributed by atoms with van der Waals surface area (Å²) in [4.78, 5) is 26.4. The van der Waals surface area contributed by atoms with Crippen molar-refractivity contribution in [3.8, 4) is 0 Å². The van der Waals surface area contributed by atoms with E-state index in [1.165, 1.54) is 6.08 Å². The van der Waals surface area contributed by atoms with Crippen LogP contribution in [0.5, 0.6) is 0 Å². The molecule has 26 heavy (non-hydrogen) atoms. The summed E-state index contributed by atoms with van der Waals surface area (Å²) in [7, 11) is 0. The van der Waals surface area contributed by atoms with Gasteiger partial charge < -0.3 is 9.47 Å². The van der Waals surface area contributed by atoms with Gasteiger partial charge in [-0.2, -0.15) is 0 Å². The zero-order valence-corrected chi connectivity index (χ0v) is 15.2. The molecule has 0 radical (unpaired) electrons. The number of esters is 2. The Labute approximate surface area is 154 Å². The van der Waals surface area contributed by atoms with Crippen molar-refractivity contribution < 1.29 is 19.1 Å². The molecule has 2 aromatic rings. The Morgan fingerprint density at radius 1 is 0.923 bits per heavy atom. The lowest BCUT2D eigenvalue weighted by Gasteiger charge is -2.30. The molecule has 0 unspecified atom stereocenters. The van der Waals surface area contributed by atoms with Gasteiger partial charge in [-0.1, -0.05) is 87.2 Å². The average molecular weight is 352 g/mol. The minimum atomic E-state index is -1.68. The van der Waals surface area contributed by atoms with E-state index >= 15 is 0 Å². The van der Waals surface area contributed by atoms with E-state index < -0.39 is 17.4 Å². The van der Waals surface area contributed by atoms with Gasteiger partial charge in [-0.25, -0.2) is 0 Å². The summed E-state index contributed by atoms with van der Waals surface area (Å²) >= 11 is 0. The third-order valence-electron chi connectivity index (χ3n) is 3.91. The van der Waals surface area contributed by atoms with Crippen molar-refractivity contribution in [2.45, 2.75) is 19.3 Å². The quantitative estimate of drug-likeness (QED) is 0.411. The second-order valence-electron chi connectivity index (χ2n) is 6.36. The van der Waals surface area contributed by atoms with E-state index in [1.54, 1.807) is 48.5 Å². The number of hydrogen-bond acceptors (Lipinski definition) is 4. The van der Waals surface area contributed by atoms with Crippen LogP contribution in [0.25, 0.3) is 0 Å². The summed E-state index contributed by atoms with van der Waals surface area (Å²) in [5.41, 5.74) is -0.663. The van der Waals surface area contributed by atoms with Crippen LogP contribution in [-0.4, -0.2) is 25.2 Å². The predicted octanol–water partition coefficient (Wildman–Crippen LogP) is 3.90. The van der Waals surface area contributed by atoms with Gasteiger partial charge >= 0.3 is 11.9 Å². The van der Waals surface area contributed by atoms with Crippen LogP contribution in [0.4, 0.5) is 0 Å². The van der Waals surface area contributed by atoms with Gasteiger partial charge in [0.25, 0.3) is 0 Å². The molecule has 0 atom stereocenters. The molecule has 0 fully saturated rings. The maximum atomic E-state index is 13.2. The van der Waals surface area contributed by atoms with E-state index in [0.29, 0.717) is 11.1 Å². The number of hydrogen-bond donors (Lipinski definition) is 0. The first-order chi connectivity index (χ1) is 12.5. The SMILES string of the molecule is C=CCOC(=O)C(C(=O)OCC(C)C)(c1ccccc1)c1ccccc1. The maximum Gasteiger partial charge on any atom is 0.333 e. The highest BCUT2D eigenvalue weighted by atomic mass is 16.6. The molecule has 4 nitrogen and oxygen atoms in total. The van der Waals surface area contributed by atoms with E-state index in [1.807, 2.05) is 26.0 Å². The minimum absolute atomic E-state index is 0.0116. The number of carbonyl (C=O) groups excluding carboxylic acids is 2. The maximum absolute atomic E-state index is 13.2. The molecule has 0 spiro atoms. The highest BCUT2D eigenvalue weighted by Gasteiger charge is 2.52. The molecular weight excluding hydrogens is 328 g/mol. The lowest BCUT2D eigenvalue weighted by atomic mass is 9.74. The van der Waals surface area contributed by atoms with Gasteiger partial charge in [-0.15, -0.1) is 0 Å². The topological polar surface area (TPSA) is 52.6 Å². The van der Waals surface area contributed by atoms with Crippen LogP contribution >= 0.6 is 0 Å². The van der Waals surface area contributed by atoms with Crippen LogP contribution in [0, 0.1) is 5.92 Å². The number of rotatable bonds is 8. The minimum Gasteiger partial charge on any atom is -0.464 e. The highest BCUT2D eigenvalue weighted by molar-refractivity contribution is 6.10. The van der Waals surface area contributed by atoms with Crippen molar-refractivity contribution in [1.82, 2.24) is 0 Å². The summed E-state index contributed by atoms with van der Waals surface area (Å²) in [6.07, 6.45) is 1.47. The van der Waals surface area contributed by atoms with E-state index in [2.05, 4.69) is 6.58 Å². The molecule has 2 rings (SSSR count). The zero-order chi connectivity index (χ0) is 19.0. The van der Waals surface area contributed by atoms with Crippen LogP contribution in [0.2, 0.25) is 0 Å². The summed E-state index contributed by atoms with van der Waals surface area (Å²) in [5.74, 6) is -1.17. The van der Waals surface area contributed by atoms with E-state index in [4.69, 9.17) is 9.47 Å². The zero-order valence-electron chi connectivity index (χ0n) is 15.2. The summed E-state index contributed by atoms with van der Waals surface area (Å²) in [6.45, 7) is 7.68. The van der Waals surface area contributed by atoms with E-state index in [0.717, 1.165) is 0 Å². The number of benzene rings is 2. The van der Waals surface area contributed by atoms with Crippen LogP contribution in [0.15, 0.2) is 73.3 Å². The molecule has 0 aromatic heterocycles. The van der Waals surface area contributed by atoms with E-state index in [-0.39, 0.29) is 19.1 Å². The second-order valence-corrected chi connectivity index (χ2v) is 6.36. The Morgan fingerprint density at radius 3 is 1.81 bits per heavy atom. The Hall–Kier alpha value is -2.88. The van der Waals surface area contributed by atoms with Crippen LogP contribution in [0.1, 0.15) is 25.0 Å². The molecule has 0 aliphatic rings. The highest BCUT2D eigenvalue weighted by Crippen LogP contribution is 2.35. The second kappa shape index (κ2) is 8.99. The summed E-state index contributed by atoms with van der Waals surface area (Å²) in [5, 5.41) is 0. The third-order valence-corrected chi connectivity index (χ3v) is 3.91. The van der Waals surface area contributed by atoms with Crippen molar-refractivity contribution in [1.29, 1.82) is 0 Å². The third kappa shape index (κ3) is 4.02. The first kappa shape index (κ1) is 19.4. The lowest BCUT2D eigenvalue weighted by Crippen LogP contribution is -2.47. The van der Waals surface area contributed by atoms with Gasteiger partial charge in [0, 0.05) is 0 Å². The molecular formula is C22H24O4. The molecule has 0 heterocycles. The number of carbonyl (C=O) groups is 2. The average Bonchev–Trinajstić information content (AvgIpc) is 2.67. The van der Waals surface area contributed by atoms with Crippen molar-refractivity contribution in [3.05, 3.63) is 84.4 Å². The van der Waals surface area contributed by atoms with E-state index in [9.17, 15) is 9.59 Å². The Balaban J connectivity index is 2.64.